The fraction of sp³-hybridized carbons (Fsp3) is 0.471. The molecule has 0 aliphatic rings. The summed E-state index contributed by atoms with van der Waals surface area (Å²) in [6, 6.07) is 5.68. The molecule has 0 heterocycles. The van der Waals surface area contributed by atoms with Crippen LogP contribution in [0.25, 0.3) is 0 Å². The highest BCUT2D eigenvalue weighted by Crippen LogP contribution is 2.13. The number of carboxylic acid groups (broad SMARTS) is 1. The average molecular weight is 355 g/mol. The van der Waals surface area contributed by atoms with Crippen molar-refractivity contribution >= 4 is 29.4 Å². The Hall–Kier alpha value is -2.08. The number of benzene rings is 1. The van der Waals surface area contributed by atoms with Crippen LogP contribution in [-0.2, 0) is 9.59 Å². The highest BCUT2D eigenvalue weighted by molar-refractivity contribution is 6.30. The van der Waals surface area contributed by atoms with Crippen molar-refractivity contribution in [3.8, 4) is 0 Å². The zero-order valence-corrected chi connectivity index (χ0v) is 14.8. The Morgan fingerprint density at radius 1 is 1.25 bits per heavy atom. The molecule has 6 nitrogen and oxygen atoms in total. The lowest BCUT2D eigenvalue weighted by molar-refractivity contribution is -0.138. The Balaban J connectivity index is 2.84. The van der Waals surface area contributed by atoms with Crippen LogP contribution in [0, 0.1) is 5.92 Å². The number of nitrogens with one attached hydrogen (secondary N) is 1. The standard InChI is InChI=1S/C17H23ClN2O4/c1-4-11(2)15(17(24)20(3)10-9-14(21)22)19-16(23)12-5-7-13(18)8-6-12/h5-8,11,15H,4,9-10H2,1-3H3,(H,19,23)(H,21,22). The Kier molecular flexibility index (Phi) is 7.71. The summed E-state index contributed by atoms with van der Waals surface area (Å²) in [5.74, 6) is -1.72. The van der Waals surface area contributed by atoms with Gasteiger partial charge in [-0.1, -0.05) is 31.9 Å². The summed E-state index contributed by atoms with van der Waals surface area (Å²) in [5, 5.41) is 12.0. The van der Waals surface area contributed by atoms with Crippen LogP contribution in [0.2, 0.25) is 5.02 Å². The minimum atomic E-state index is -0.972. The van der Waals surface area contributed by atoms with Crippen LogP contribution >= 0.6 is 11.6 Å². The normalized spacial score (nSPS) is 13.0. The van der Waals surface area contributed by atoms with Gasteiger partial charge < -0.3 is 15.3 Å². The van der Waals surface area contributed by atoms with Crippen molar-refractivity contribution in [2.24, 2.45) is 5.92 Å². The van der Waals surface area contributed by atoms with Crippen molar-refractivity contribution < 1.29 is 19.5 Å². The summed E-state index contributed by atoms with van der Waals surface area (Å²) >= 11 is 5.81. The number of nitrogens with zero attached hydrogens (tertiary/aromatic N) is 1. The number of hydrogen-bond donors (Lipinski definition) is 2. The fourth-order valence-corrected chi connectivity index (χ4v) is 2.25. The monoisotopic (exact) mass is 354 g/mol. The van der Waals surface area contributed by atoms with Gasteiger partial charge in [0.05, 0.1) is 6.42 Å². The van der Waals surface area contributed by atoms with Crippen LogP contribution in [0.5, 0.6) is 0 Å². The van der Waals surface area contributed by atoms with E-state index in [9.17, 15) is 14.4 Å². The molecule has 132 valence electrons. The third-order valence-electron chi connectivity index (χ3n) is 3.91. The van der Waals surface area contributed by atoms with Gasteiger partial charge in [-0.15, -0.1) is 0 Å². The van der Waals surface area contributed by atoms with Crippen molar-refractivity contribution in [2.75, 3.05) is 13.6 Å². The first-order chi connectivity index (χ1) is 11.3. The molecule has 1 aromatic carbocycles. The SMILES string of the molecule is CCC(C)C(NC(=O)c1ccc(Cl)cc1)C(=O)N(C)CCC(=O)O. The van der Waals surface area contributed by atoms with Crippen LogP contribution in [0.3, 0.4) is 0 Å². The van der Waals surface area contributed by atoms with E-state index < -0.39 is 12.0 Å². The van der Waals surface area contributed by atoms with Gasteiger partial charge in [0.1, 0.15) is 6.04 Å². The predicted molar refractivity (Wildman–Crippen MR) is 92.1 cm³/mol. The summed E-state index contributed by atoms with van der Waals surface area (Å²) in [4.78, 5) is 36.9. The Morgan fingerprint density at radius 3 is 2.33 bits per heavy atom. The second-order valence-electron chi connectivity index (χ2n) is 5.75. The predicted octanol–water partition coefficient (Wildman–Crippen LogP) is 2.42. The molecule has 2 N–H and O–H groups in total. The van der Waals surface area contributed by atoms with Crippen molar-refractivity contribution in [1.29, 1.82) is 0 Å². The van der Waals surface area contributed by atoms with E-state index in [2.05, 4.69) is 5.32 Å². The highest BCUT2D eigenvalue weighted by atomic mass is 35.5. The summed E-state index contributed by atoms with van der Waals surface area (Å²) in [5.41, 5.74) is 0.411. The third-order valence-corrected chi connectivity index (χ3v) is 4.16. The van der Waals surface area contributed by atoms with E-state index in [0.29, 0.717) is 17.0 Å². The second-order valence-corrected chi connectivity index (χ2v) is 6.18. The molecular formula is C17H23ClN2O4. The largest absolute Gasteiger partial charge is 0.481 e. The third kappa shape index (κ3) is 5.85. The lowest BCUT2D eigenvalue weighted by Gasteiger charge is -2.28. The zero-order chi connectivity index (χ0) is 18.3. The van der Waals surface area contributed by atoms with Crippen LogP contribution in [-0.4, -0.2) is 47.4 Å². The molecule has 0 saturated heterocycles. The highest BCUT2D eigenvalue weighted by Gasteiger charge is 2.28. The van der Waals surface area contributed by atoms with Crippen molar-refractivity contribution in [3.63, 3.8) is 0 Å². The first-order valence-electron chi connectivity index (χ1n) is 7.79. The molecule has 0 radical (unpaired) electrons. The number of carbonyl (C=O) groups is 3. The van der Waals surface area contributed by atoms with Crippen LogP contribution in [0.15, 0.2) is 24.3 Å². The van der Waals surface area contributed by atoms with Crippen LogP contribution in [0.4, 0.5) is 0 Å². The number of halogens is 1. The Morgan fingerprint density at radius 2 is 1.83 bits per heavy atom. The van der Waals surface area contributed by atoms with Crippen LogP contribution in [0.1, 0.15) is 37.0 Å². The molecule has 1 rings (SSSR count). The van der Waals surface area contributed by atoms with Gasteiger partial charge in [-0.05, 0) is 30.2 Å². The van der Waals surface area contributed by atoms with Crippen molar-refractivity contribution in [2.45, 2.75) is 32.7 Å². The minimum Gasteiger partial charge on any atom is -0.481 e. The Bertz CT molecular complexity index is 589. The average Bonchev–Trinajstić information content (AvgIpc) is 2.56. The number of aliphatic carboxylic acids is 1. The van der Waals surface area contributed by atoms with Gasteiger partial charge in [-0.25, -0.2) is 0 Å². The van der Waals surface area contributed by atoms with Gasteiger partial charge in [0.2, 0.25) is 5.91 Å². The van der Waals surface area contributed by atoms with E-state index in [4.69, 9.17) is 16.7 Å². The molecule has 2 amide bonds. The van der Waals surface area contributed by atoms with E-state index in [1.165, 1.54) is 11.9 Å². The molecule has 0 aliphatic carbocycles. The molecule has 2 atom stereocenters. The molecular weight excluding hydrogens is 332 g/mol. The van der Waals surface area contributed by atoms with E-state index in [1.807, 2.05) is 13.8 Å². The molecule has 24 heavy (non-hydrogen) atoms. The van der Waals surface area contributed by atoms with Crippen LogP contribution < -0.4 is 5.32 Å². The fourth-order valence-electron chi connectivity index (χ4n) is 2.12. The van der Waals surface area contributed by atoms with Crippen molar-refractivity contribution in [3.05, 3.63) is 34.9 Å². The maximum absolute atomic E-state index is 12.6. The van der Waals surface area contributed by atoms with Gasteiger partial charge in [-0.3, -0.25) is 14.4 Å². The molecule has 0 aliphatic heterocycles. The maximum atomic E-state index is 12.6. The number of amides is 2. The summed E-state index contributed by atoms with van der Waals surface area (Å²) in [7, 11) is 1.54. The summed E-state index contributed by atoms with van der Waals surface area (Å²) in [6.07, 6.45) is 0.560. The van der Waals surface area contributed by atoms with Gasteiger partial charge in [-0.2, -0.15) is 0 Å². The molecule has 0 aromatic heterocycles. The first-order valence-corrected chi connectivity index (χ1v) is 8.17. The molecule has 0 spiro atoms. The van der Waals surface area contributed by atoms with Gasteiger partial charge in [0.25, 0.3) is 5.91 Å². The summed E-state index contributed by atoms with van der Waals surface area (Å²) < 4.78 is 0. The number of carboxylic acids is 1. The summed E-state index contributed by atoms with van der Waals surface area (Å²) in [6.45, 7) is 3.89. The lowest BCUT2D eigenvalue weighted by Crippen LogP contribution is -2.51. The maximum Gasteiger partial charge on any atom is 0.305 e. The Labute approximate surface area is 146 Å². The van der Waals surface area contributed by atoms with Gasteiger partial charge in [0, 0.05) is 24.2 Å². The van der Waals surface area contributed by atoms with Gasteiger partial charge >= 0.3 is 5.97 Å². The quantitative estimate of drug-likeness (QED) is 0.750. The smallest absolute Gasteiger partial charge is 0.305 e. The molecule has 1 aromatic rings. The van der Waals surface area contributed by atoms with E-state index >= 15 is 0 Å². The number of likely N-dealkylation sites (N-methyl/N-ethyl adjacent to an activating group) is 1. The molecule has 0 saturated carbocycles. The number of rotatable bonds is 8. The number of hydrogen-bond acceptors (Lipinski definition) is 3. The van der Waals surface area contributed by atoms with E-state index in [1.54, 1.807) is 24.3 Å². The molecule has 0 fully saturated rings. The second kappa shape index (κ2) is 9.27. The van der Waals surface area contributed by atoms with E-state index in [0.717, 1.165) is 0 Å². The number of carbonyl (C=O) groups excluding carboxylic acids is 2. The molecule has 2 unspecified atom stereocenters. The van der Waals surface area contributed by atoms with E-state index in [-0.39, 0.29) is 30.7 Å². The molecule has 0 bridgehead atoms. The van der Waals surface area contributed by atoms with Gasteiger partial charge in [0.15, 0.2) is 0 Å². The molecule has 7 heteroatoms. The topological polar surface area (TPSA) is 86.7 Å². The minimum absolute atomic E-state index is 0.0824. The zero-order valence-electron chi connectivity index (χ0n) is 14.1. The first kappa shape index (κ1) is 20.0. The van der Waals surface area contributed by atoms with Crippen molar-refractivity contribution in [1.82, 2.24) is 10.2 Å². The lowest BCUT2D eigenvalue weighted by atomic mass is 9.97.